The number of allylic oxidation sites excluding steroid dienone is 1. The van der Waals surface area contributed by atoms with Crippen LogP contribution >= 0.6 is 0 Å². The first-order valence-electron chi connectivity index (χ1n) is 9.44. The lowest BCUT2D eigenvalue weighted by Crippen LogP contribution is -2.53. The smallest absolute Gasteiger partial charge is 0.127 e. The van der Waals surface area contributed by atoms with Gasteiger partial charge in [-0.05, 0) is 73.5 Å². The molecule has 0 heterocycles. The van der Waals surface area contributed by atoms with Gasteiger partial charge in [-0.2, -0.15) is 0 Å². The van der Waals surface area contributed by atoms with Crippen LogP contribution in [0.15, 0.2) is 11.6 Å². The lowest BCUT2D eigenvalue weighted by atomic mass is 9.45. The van der Waals surface area contributed by atoms with Gasteiger partial charge in [-0.15, -0.1) is 0 Å². The van der Waals surface area contributed by atoms with E-state index in [9.17, 15) is 15.0 Å². The largest absolute Gasteiger partial charge is 0.393 e. The van der Waals surface area contributed by atoms with Crippen LogP contribution in [-0.2, 0) is 4.79 Å². The van der Waals surface area contributed by atoms with Gasteiger partial charge in [0.05, 0.1) is 12.2 Å². The van der Waals surface area contributed by atoms with E-state index in [0.29, 0.717) is 17.8 Å². The molecule has 2 N–H and O–H groups in total. The predicted octanol–water partition coefficient (Wildman–Crippen LogP) is 3.10. The van der Waals surface area contributed by atoms with Gasteiger partial charge in [0.25, 0.3) is 0 Å². The number of rotatable bonds is 1. The van der Waals surface area contributed by atoms with Crippen LogP contribution in [0.3, 0.4) is 0 Å². The van der Waals surface area contributed by atoms with Gasteiger partial charge in [0.2, 0.25) is 0 Å². The van der Waals surface area contributed by atoms with Gasteiger partial charge in [-0.1, -0.05) is 25.5 Å². The van der Waals surface area contributed by atoms with E-state index in [4.69, 9.17) is 0 Å². The Morgan fingerprint density at radius 2 is 1.87 bits per heavy atom. The maximum absolute atomic E-state index is 11.8. The van der Waals surface area contributed by atoms with E-state index in [2.05, 4.69) is 13.8 Å². The van der Waals surface area contributed by atoms with E-state index < -0.39 is 0 Å². The third kappa shape index (κ3) is 2.05. The van der Waals surface area contributed by atoms with Gasteiger partial charge in [0.15, 0.2) is 0 Å². The Hall–Kier alpha value is -0.670. The van der Waals surface area contributed by atoms with Crippen molar-refractivity contribution in [1.29, 1.82) is 0 Å². The topological polar surface area (TPSA) is 57.5 Å². The Morgan fingerprint density at radius 3 is 2.61 bits per heavy atom. The maximum Gasteiger partial charge on any atom is 0.127 e. The van der Waals surface area contributed by atoms with Crippen molar-refractivity contribution >= 4 is 6.29 Å². The zero-order valence-corrected chi connectivity index (χ0v) is 14.4. The predicted molar refractivity (Wildman–Crippen MR) is 88.7 cm³/mol. The summed E-state index contributed by atoms with van der Waals surface area (Å²) in [5.74, 6) is 1.69. The van der Waals surface area contributed by atoms with Crippen LogP contribution in [0.5, 0.6) is 0 Å². The molecule has 3 heteroatoms. The van der Waals surface area contributed by atoms with Crippen molar-refractivity contribution in [3.63, 3.8) is 0 Å². The third-order valence-corrected chi connectivity index (χ3v) is 8.29. The molecule has 0 bridgehead atoms. The molecule has 0 aromatic carbocycles. The Kier molecular flexibility index (Phi) is 3.55. The number of aliphatic hydroxyl groups excluding tert-OH is 2. The van der Waals surface area contributed by atoms with Crippen LogP contribution < -0.4 is 0 Å². The van der Waals surface area contributed by atoms with E-state index in [1.54, 1.807) is 0 Å². The van der Waals surface area contributed by atoms with Crippen molar-refractivity contribution in [3.05, 3.63) is 11.6 Å². The summed E-state index contributed by atoms with van der Waals surface area (Å²) in [5, 5.41) is 20.6. The highest BCUT2D eigenvalue weighted by molar-refractivity contribution is 5.61. The average Bonchev–Trinajstić information content (AvgIpc) is 2.83. The minimum atomic E-state index is -0.376. The SMILES string of the molecule is C[C@]12CC[C@H]3[C@@H](CC(C=O)C4=C[C@@H](O)CC[C@@]43C)[C@@H]1CC[C@@H]2O. The highest BCUT2D eigenvalue weighted by Crippen LogP contribution is 2.66. The molecule has 0 radical (unpaired) electrons. The molecular formula is C20H30O3. The molecule has 0 spiro atoms. The second-order valence-corrected chi connectivity index (χ2v) is 9.14. The highest BCUT2D eigenvalue weighted by atomic mass is 16.3. The monoisotopic (exact) mass is 318 g/mol. The number of aliphatic hydroxyl groups is 2. The summed E-state index contributed by atoms with van der Waals surface area (Å²) >= 11 is 0. The molecule has 0 saturated heterocycles. The summed E-state index contributed by atoms with van der Waals surface area (Å²) in [6.45, 7) is 4.62. The molecular weight excluding hydrogens is 288 g/mol. The quantitative estimate of drug-likeness (QED) is 0.577. The van der Waals surface area contributed by atoms with E-state index in [1.807, 2.05) is 6.08 Å². The third-order valence-electron chi connectivity index (χ3n) is 8.29. The van der Waals surface area contributed by atoms with Crippen LogP contribution in [0, 0.1) is 34.5 Å². The van der Waals surface area contributed by atoms with E-state index in [-0.39, 0.29) is 29.0 Å². The van der Waals surface area contributed by atoms with Gasteiger partial charge < -0.3 is 15.0 Å². The molecule has 0 aromatic heterocycles. The van der Waals surface area contributed by atoms with Crippen molar-refractivity contribution in [3.8, 4) is 0 Å². The molecule has 0 amide bonds. The Balaban J connectivity index is 1.74. The molecule has 1 unspecified atom stereocenters. The lowest BCUT2D eigenvalue weighted by molar-refractivity contribution is -0.118. The number of carbonyl (C=O) groups excluding carboxylic acids is 1. The molecule has 3 saturated carbocycles. The van der Waals surface area contributed by atoms with E-state index in [0.717, 1.165) is 51.2 Å². The van der Waals surface area contributed by atoms with Crippen molar-refractivity contribution in [2.75, 3.05) is 0 Å². The Bertz CT molecular complexity index is 541. The van der Waals surface area contributed by atoms with Gasteiger partial charge in [0, 0.05) is 5.92 Å². The van der Waals surface area contributed by atoms with Crippen LogP contribution in [0.2, 0.25) is 0 Å². The normalized spacial score (nSPS) is 55.4. The molecule has 128 valence electrons. The van der Waals surface area contributed by atoms with E-state index in [1.165, 1.54) is 5.57 Å². The van der Waals surface area contributed by atoms with Gasteiger partial charge in [-0.3, -0.25) is 0 Å². The van der Waals surface area contributed by atoms with Gasteiger partial charge >= 0.3 is 0 Å². The first-order chi connectivity index (χ1) is 10.9. The summed E-state index contributed by atoms with van der Waals surface area (Å²) in [7, 11) is 0. The standard InChI is InChI=1S/C20H30O3/c1-19-7-5-13(22)10-17(19)12(11-21)9-14-15-3-4-18(23)20(15,2)8-6-16(14)19/h10-16,18,22-23H,3-9H2,1-2H3/t12?,13-,14-,15-,16-,18-,19+,20-/m0/s1. The number of hydrogen-bond donors (Lipinski definition) is 2. The van der Waals surface area contributed by atoms with Gasteiger partial charge in [0.1, 0.15) is 6.29 Å². The fraction of sp³-hybridized carbons (Fsp3) is 0.850. The van der Waals surface area contributed by atoms with Gasteiger partial charge in [-0.25, -0.2) is 0 Å². The maximum atomic E-state index is 11.8. The Morgan fingerprint density at radius 1 is 1.09 bits per heavy atom. The second kappa shape index (κ2) is 5.16. The first-order valence-corrected chi connectivity index (χ1v) is 9.44. The molecule has 4 rings (SSSR count). The molecule has 4 aliphatic carbocycles. The van der Waals surface area contributed by atoms with Crippen LogP contribution in [0.25, 0.3) is 0 Å². The summed E-state index contributed by atoms with van der Waals surface area (Å²) in [6, 6.07) is 0. The zero-order valence-electron chi connectivity index (χ0n) is 14.4. The molecule has 23 heavy (non-hydrogen) atoms. The molecule has 3 nitrogen and oxygen atoms in total. The first kappa shape index (κ1) is 15.8. The van der Waals surface area contributed by atoms with Crippen LogP contribution in [0.1, 0.15) is 58.8 Å². The number of hydrogen-bond acceptors (Lipinski definition) is 3. The average molecular weight is 318 g/mol. The fourth-order valence-electron chi connectivity index (χ4n) is 6.95. The van der Waals surface area contributed by atoms with Crippen LogP contribution in [0.4, 0.5) is 0 Å². The summed E-state index contributed by atoms with van der Waals surface area (Å²) in [6.07, 6.45) is 9.62. The zero-order chi connectivity index (χ0) is 16.4. The molecule has 4 aliphatic rings. The van der Waals surface area contributed by atoms with Crippen LogP contribution in [-0.4, -0.2) is 28.7 Å². The summed E-state index contributed by atoms with van der Waals surface area (Å²) in [5.41, 5.74) is 1.35. The van der Waals surface area contributed by atoms with Crippen molar-refractivity contribution in [2.45, 2.75) is 71.0 Å². The van der Waals surface area contributed by atoms with Crippen molar-refractivity contribution in [2.24, 2.45) is 34.5 Å². The number of fused-ring (bicyclic) bond motifs is 5. The molecule has 0 aliphatic heterocycles. The lowest BCUT2D eigenvalue weighted by Gasteiger charge is -2.59. The minimum absolute atomic E-state index is 0.0312. The van der Waals surface area contributed by atoms with Crippen molar-refractivity contribution in [1.82, 2.24) is 0 Å². The van der Waals surface area contributed by atoms with E-state index >= 15 is 0 Å². The summed E-state index contributed by atoms with van der Waals surface area (Å²) < 4.78 is 0. The summed E-state index contributed by atoms with van der Waals surface area (Å²) in [4.78, 5) is 11.8. The second-order valence-electron chi connectivity index (χ2n) is 9.14. The molecule has 3 fully saturated rings. The highest BCUT2D eigenvalue weighted by Gasteiger charge is 2.60. The fourth-order valence-corrected chi connectivity index (χ4v) is 6.95. The minimum Gasteiger partial charge on any atom is -0.393 e. The number of aldehydes is 1. The molecule has 8 atom stereocenters. The Labute approximate surface area is 139 Å². The van der Waals surface area contributed by atoms with Crippen molar-refractivity contribution < 1.29 is 15.0 Å². The number of carbonyl (C=O) groups is 1. The molecule has 0 aromatic rings.